The van der Waals surface area contributed by atoms with Gasteiger partial charge in [-0.3, -0.25) is 4.79 Å². The van der Waals surface area contributed by atoms with E-state index in [0.717, 1.165) is 44.9 Å². The lowest BCUT2D eigenvalue weighted by molar-refractivity contribution is -0.132. The van der Waals surface area contributed by atoms with Gasteiger partial charge in [-0.15, -0.1) is 0 Å². The molecule has 4 atom stereocenters. The molecule has 0 aliphatic heterocycles. The van der Waals surface area contributed by atoms with Crippen molar-refractivity contribution in [3.05, 3.63) is 48.6 Å². The van der Waals surface area contributed by atoms with Gasteiger partial charge in [0.25, 0.3) is 0 Å². The van der Waals surface area contributed by atoms with Crippen LogP contribution in [0.5, 0.6) is 0 Å². The Bertz CT molecular complexity index is 1210. The van der Waals surface area contributed by atoms with Crippen molar-refractivity contribution in [1.82, 2.24) is 5.32 Å². The number of hydrogen-bond donors (Lipinski definition) is 5. The molecule has 5 N–H and O–H groups in total. The molecule has 0 rings (SSSR count). The largest absolute Gasteiger partial charge is 0.394 e. The first-order valence-electron chi connectivity index (χ1n) is 33.0. The predicted octanol–water partition coefficient (Wildman–Crippen LogP) is 20.1. The number of rotatable bonds is 61. The van der Waals surface area contributed by atoms with Crippen LogP contribution in [-0.2, 0) is 4.79 Å². The SMILES string of the molecule is CCCCCCCCCCC/C=C\C/C=C\CCCCCCCCCCCCCCCCC(O)C(=O)NC(CO)C(O)C(O)CCC/C=C/CC/C=C/CCCCCCCCCCCCCCCCCCCCC. The van der Waals surface area contributed by atoms with E-state index in [-0.39, 0.29) is 0 Å². The van der Waals surface area contributed by atoms with Crippen molar-refractivity contribution in [2.75, 3.05) is 6.61 Å². The van der Waals surface area contributed by atoms with Gasteiger partial charge in [0.1, 0.15) is 12.2 Å². The molecule has 0 saturated heterocycles. The third kappa shape index (κ3) is 55.0. The molecule has 0 spiro atoms. The van der Waals surface area contributed by atoms with Crippen LogP contribution in [0.15, 0.2) is 48.6 Å². The van der Waals surface area contributed by atoms with Crippen LogP contribution < -0.4 is 5.32 Å². The molecule has 4 unspecified atom stereocenters. The first-order chi connectivity index (χ1) is 36.5. The smallest absolute Gasteiger partial charge is 0.249 e. The third-order valence-electron chi connectivity index (χ3n) is 15.5. The Balaban J connectivity index is 3.63. The molecule has 1 amide bonds. The summed E-state index contributed by atoms with van der Waals surface area (Å²) in [4.78, 5) is 12.6. The minimum absolute atomic E-state index is 0.359. The number of carbonyl (C=O) groups excluding carboxylic acids is 1. The van der Waals surface area contributed by atoms with Crippen molar-refractivity contribution >= 4 is 5.91 Å². The molecule has 0 saturated carbocycles. The Morgan fingerprint density at radius 3 is 0.932 bits per heavy atom. The van der Waals surface area contributed by atoms with Crippen LogP contribution in [0.3, 0.4) is 0 Å². The number of unbranched alkanes of at least 4 members (excludes halogenated alkanes) is 44. The van der Waals surface area contributed by atoms with Crippen LogP contribution in [0.4, 0.5) is 0 Å². The predicted molar refractivity (Wildman–Crippen MR) is 325 cm³/mol. The number of carbonyl (C=O) groups is 1. The normalized spacial score (nSPS) is 13.9. The molecule has 0 bridgehead atoms. The fraction of sp³-hybridized carbons (Fsp3) is 0.868. The molecule has 0 aromatic heterocycles. The highest BCUT2D eigenvalue weighted by Crippen LogP contribution is 2.18. The third-order valence-corrected chi connectivity index (χ3v) is 15.5. The highest BCUT2D eigenvalue weighted by molar-refractivity contribution is 5.80. The Labute approximate surface area is 461 Å². The van der Waals surface area contributed by atoms with Crippen LogP contribution >= 0.6 is 0 Å². The minimum Gasteiger partial charge on any atom is -0.394 e. The summed E-state index contributed by atoms with van der Waals surface area (Å²) < 4.78 is 0. The zero-order chi connectivity index (χ0) is 53.7. The number of nitrogens with one attached hydrogen (secondary N) is 1. The first kappa shape index (κ1) is 72.3. The second kappa shape index (κ2) is 62.1. The minimum atomic E-state index is -1.29. The molecule has 0 aromatic rings. The molecule has 6 nitrogen and oxygen atoms in total. The summed E-state index contributed by atoms with van der Waals surface area (Å²) in [5, 5.41) is 44.1. The topological polar surface area (TPSA) is 110 Å². The van der Waals surface area contributed by atoms with E-state index in [0.29, 0.717) is 19.3 Å². The number of hydrogen-bond acceptors (Lipinski definition) is 5. The number of aliphatic hydroxyl groups excluding tert-OH is 4. The van der Waals surface area contributed by atoms with Gasteiger partial charge in [0.2, 0.25) is 5.91 Å². The van der Waals surface area contributed by atoms with Crippen LogP contribution in [0.2, 0.25) is 0 Å². The molecular weight excluding hydrogens is 911 g/mol. The Morgan fingerprint density at radius 2 is 0.608 bits per heavy atom. The molecule has 0 aromatic carbocycles. The van der Waals surface area contributed by atoms with Crippen LogP contribution in [0.1, 0.15) is 348 Å². The maximum Gasteiger partial charge on any atom is 0.249 e. The maximum atomic E-state index is 12.6. The van der Waals surface area contributed by atoms with Gasteiger partial charge in [0.05, 0.1) is 18.8 Å². The summed E-state index contributed by atoms with van der Waals surface area (Å²) in [6, 6.07) is -1.01. The highest BCUT2D eigenvalue weighted by atomic mass is 16.3. The molecule has 0 radical (unpaired) electrons. The summed E-state index contributed by atoms with van der Waals surface area (Å²) in [7, 11) is 0. The van der Waals surface area contributed by atoms with Crippen LogP contribution in [0, 0.1) is 0 Å². The molecule has 0 aliphatic rings. The van der Waals surface area contributed by atoms with Gasteiger partial charge in [-0.25, -0.2) is 0 Å². The fourth-order valence-electron chi connectivity index (χ4n) is 10.3. The van der Waals surface area contributed by atoms with E-state index < -0.39 is 36.9 Å². The molecule has 6 heteroatoms. The van der Waals surface area contributed by atoms with E-state index in [4.69, 9.17) is 0 Å². The van der Waals surface area contributed by atoms with E-state index >= 15 is 0 Å². The van der Waals surface area contributed by atoms with Crippen molar-refractivity contribution in [3.8, 4) is 0 Å². The van der Waals surface area contributed by atoms with E-state index in [2.05, 4.69) is 67.8 Å². The Hall–Kier alpha value is -1.73. The second-order valence-corrected chi connectivity index (χ2v) is 22.8. The van der Waals surface area contributed by atoms with Crippen molar-refractivity contribution in [3.63, 3.8) is 0 Å². The van der Waals surface area contributed by atoms with Gasteiger partial charge < -0.3 is 25.7 Å². The lowest BCUT2D eigenvalue weighted by atomic mass is 10.00. The zero-order valence-electron chi connectivity index (χ0n) is 49.6. The zero-order valence-corrected chi connectivity index (χ0v) is 49.6. The van der Waals surface area contributed by atoms with Gasteiger partial charge in [-0.1, -0.05) is 313 Å². The standard InChI is InChI=1S/C68H129NO5/c1-3-5-7-9-11-13-15-17-19-21-23-25-27-29-31-33-34-36-38-40-42-44-46-48-50-52-54-56-58-60-62-66(72)68(74)69-64(63-70)67(73)65(71)61-59-57-55-53-51-49-47-45-43-41-39-37-35-32-30-28-26-24-22-20-18-16-14-12-10-8-6-4-2/h23,25,29,31,45,47,53,55,64-67,70-73H,3-22,24,26-28,30,32-44,46,48-52,54,56-63H2,1-2H3,(H,69,74)/b25-23-,31-29-,47-45+,55-53+. The van der Waals surface area contributed by atoms with Crippen molar-refractivity contribution in [2.45, 2.75) is 372 Å². The summed E-state index contributed by atoms with van der Waals surface area (Å²) in [5.74, 6) is -0.594. The van der Waals surface area contributed by atoms with Crippen LogP contribution in [-0.4, -0.2) is 57.3 Å². The van der Waals surface area contributed by atoms with E-state index in [1.54, 1.807) is 0 Å². The lowest BCUT2D eigenvalue weighted by Gasteiger charge is -2.27. The van der Waals surface area contributed by atoms with Gasteiger partial charge in [0.15, 0.2) is 0 Å². The van der Waals surface area contributed by atoms with Gasteiger partial charge in [0, 0.05) is 0 Å². The number of amides is 1. The number of aliphatic hydroxyl groups is 4. The summed E-state index contributed by atoms with van der Waals surface area (Å²) in [5.41, 5.74) is 0. The van der Waals surface area contributed by atoms with E-state index in [1.165, 1.54) is 270 Å². The van der Waals surface area contributed by atoms with Crippen molar-refractivity contribution in [1.29, 1.82) is 0 Å². The fourth-order valence-corrected chi connectivity index (χ4v) is 10.3. The van der Waals surface area contributed by atoms with Gasteiger partial charge in [-0.2, -0.15) is 0 Å². The second-order valence-electron chi connectivity index (χ2n) is 22.8. The average molecular weight is 1040 g/mol. The van der Waals surface area contributed by atoms with Crippen LogP contribution in [0.25, 0.3) is 0 Å². The van der Waals surface area contributed by atoms with Gasteiger partial charge in [-0.05, 0) is 83.5 Å². The monoisotopic (exact) mass is 1040 g/mol. The molecule has 0 aliphatic carbocycles. The maximum absolute atomic E-state index is 12.6. The van der Waals surface area contributed by atoms with Gasteiger partial charge >= 0.3 is 0 Å². The molecular formula is C68H129NO5. The molecule has 74 heavy (non-hydrogen) atoms. The summed E-state index contributed by atoms with van der Waals surface area (Å²) in [6.45, 7) is 4.08. The summed E-state index contributed by atoms with van der Waals surface area (Å²) in [6.07, 6.45) is 80.8. The molecule has 436 valence electrons. The molecule has 0 fully saturated rings. The summed E-state index contributed by atoms with van der Waals surface area (Å²) >= 11 is 0. The highest BCUT2D eigenvalue weighted by Gasteiger charge is 2.28. The van der Waals surface area contributed by atoms with Crippen molar-refractivity contribution < 1.29 is 25.2 Å². The molecule has 0 heterocycles. The lowest BCUT2D eigenvalue weighted by Crippen LogP contribution is -2.53. The van der Waals surface area contributed by atoms with E-state index in [9.17, 15) is 25.2 Å². The average Bonchev–Trinajstić information content (AvgIpc) is 3.41. The Kier molecular flexibility index (Phi) is 60.7. The Morgan fingerprint density at radius 1 is 0.338 bits per heavy atom. The quantitative estimate of drug-likeness (QED) is 0.0308. The number of allylic oxidation sites excluding steroid dienone is 8. The van der Waals surface area contributed by atoms with Crippen molar-refractivity contribution in [2.24, 2.45) is 0 Å². The first-order valence-corrected chi connectivity index (χ1v) is 33.0. The van der Waals surface area contributed by atoms with E-state index in [1.807, 2.05) is 0 Å².